The summed E-state index contributed by atoms with van der Waals surface area (Å²) in [7, 11) is 0. The van der Waals surface area contributed by atoms with E-state index in [1.54, 1.807) is 12.3 Å². The average molecular weight is 334 g/mol. The molecule has 3 aromatic heterocycles. The molecule has 6 nitrogen and oxygen atoms in total. The fraction of sp³-hybridized carbons (Fsp3) is 0.333. The quantitative estimate of drug-likeness (QED) is 0.746. The number of thiazole rings is 1. The molecule has 0 radical (unpaired) electrons. The molecule has 0 amide bonds. The molecule has 0 unspecified atom stereocenters. The number of rotatable bonds is 5. The molecule has 8 heteroatoms. The molecule has 0 saturated heterocycles. The van der Waals surface area contributed by atoms with Crippen LogP contribution in [0.25, 0.3) is 10.3 Å². The molecule has 3 heterocycles. The van der Waals surface area contributed by atoms with Gasteiger partial charge < -0.3 is 11.1 Å². The van der Waals surface area contributed by atoms with Crippen molar-refractivity contribution in [2.24, 2.45) is 5.73 Å². The zero-order valence-corrected chi connectivity index (χ0v) is 13.9. The van der Waals surface area contributed by atoms with Gasteiger partial charge in [-0.25, -0.2) is 19.3 Å². The van der Waals surface area contributed by atoms with Crippen molar-refractivity contribution in [1.29, 1.82) is 0 Å². The zero-order valence-electron chi connectivity index (χ0n) is 13.1. The number of hydrogen-bond acceptors (Lipinski definition) is 7. The number of hydrogen-bond donors (Lipinski definition) is 2. The van der Waals surface area contributed by atoms with Gasteiger partial charge in [0.15, 0.2) is 5.82 Å². The van der Waals surface area contributed by atoms with E-state index in [1.807, 2.05) is 13.8 Å². The van der Waals surface area contributed by atoms with Gasteiger partial charge in [0.1, 0.15) is 22.5 Å². The van der Waals surface area contributed by atoms with E-state index >= 15 is 0 Å². The van der Waals surface area contributed by atoms with Crippen LogP contribution in [0.3, 0.4) is 0 Å². The second-order valence-corrected chi connectivity index (χ2v) is 5.37. The highest BCUT2D eigenvalue weighted by Gasteiger charge is 2.11. The Morgan fingerprint density at radius 1 is 1.26 bits per heavy atom. The predicted octanol–water partition coefficient (Wildman–Crippen LogP) is 2.76. The molecule has 0 saturated carbocycles. The first-order valence-corrected chi connectivity index (χ1v) is 8.23. The summed E-state index contributed by atoms with van der Waals surface area (Å²) in [5.74, 6) is 0.224. The Morgan fingerprint density at radius 3 is 2.83 bits per heavy atom. The van der Waals surface area contributed by atoms with Crippen LogP contribution in [0.5, 0.6) is 0 Å². The van der Waals surface area contributed by atoms with Crippen molar-refractivity contribution in [2.45, 2.75) is 26.8 Å². The van der Waals surface area contributed by atoms with Gasteiger partial charge in [-0.15, -0.1) is 0 Å². The highest BCUT2D eigenvalue weighted by molar-refractivity contribution is 7.18. The first-order chi connectivity index (χ1) is 11.3. The van der Waals surface area contributed by atoms with Crippen molar-refractivity contribution in [3.8, 4) is 0 Å². The molecule has 3 aromatic rings. The summed E-state index contributed by atoms with van der Waals surface area (Å²) in [5.41, 5.74) is 6.55. The standard InChI is InChI=1S/C13H13FN6S.C2H6/c14-8-2-1-5-16-9(8)6-17-12-11-13(19-7-18-12)21-10(20-11)3-4-15;1-2/h1-2,5,7H,3-4,6,15H2,(H,17,18,19);1-2H3. The lowest BCUT2D eigenvalue weighted by atomic mass is 10.3. The van der Waals surface area contributed by atoms with Crippen LogP contribution in [0, 0.1) is 5.82 Å². The Morgan fingerprint density at radius 2 is 2.09 bits per heavy atom. The largest absolute Gasteiger partial charge is 0.362 e. The first kappa shape index (κ1) is 17.2. The molecular formula is C15H19FN6S. The predicted molar refractivity (Wildman–Crippen MR) is 90.8 cm³/mol. The van der Waals surface area contributed by atoms with E-state index in [1.165, 1.54) is 23.7 Å². The van der Waals surface area contributed by atoms with E-state index < -0.39 is 0 Å². The van der Waals surface area contributed by atoms with Gasteiger partial charge >= 0.3 is 0 Å². The maximum Gasteiger partial charge on any atom is 0.157 e. The number of fused-ring (bicyclic) bond motifs is 1. The molecule has 23 heavy (non-hydrogen) atoms. The number of nitrogens with zero attached hydrogens (tertiary/aromatic N) is 4. The number of nitrogens with one attached hydrogen (secondary N) is 1. The maximum atomic E-state index is 13.5. The van der Waals surface area contributed by atoms with Gasteiger partial charge in [0.25, 0.3) is 0 Å². The van der Waals surface area contributed by atoms with E-state index in [4.69, 9.17) is 5.73 Å². The van der Waals surface area contributed by atoms with Gasteiger partial charge in [0.2, 0.25) is 0 Å². The van der Waals surface area contributed by atoms with E-state index in [0.717, 1.165) is 9.84 Å². The van der Waals surface area contributed by atoms with Crippen LogP contribution in [0.2, 0.25) is 0 Å². The van der Waals surface area contributed by atoms with Crippen LogP contribution in [-0.4, -0.2) is 26.5 Å². The molecule has 0 spiro atoms. The van der Waals surface area contributed by atoms with Gasteiger partial charge in [-0.1, -0.05) is 25.2 Å². The summed E-state index contributed by atoms with van der Waals surface area (Å²) < 4.78 is 13.5. The topological polar surface area (TPSA) is 89.6 Å². The zero-order chi connectivity index (χ0) is 16.7. The molecule has 0 bridgehead atoms. The number of nitrogens with two attached hydrogens (primary N) is 1. The van der Waals surface area contributed by atoms with Crippen LogP contribution in [0.4, 0.5) is 10.2 Å². The van der Waals surface area contributed by atoms with Crippen molar-refractivity contribution in [1.82, 2.24) is 19.9 Å². The first-order valence-electron chi connectivity index (χ1n) is 7.41. The summed E-state index contributed by atoms with van der Waals surface area (Å²) >= 11 is 1.49. The fourth-order valence-electron chi connectivity index (χ4n) is 1.87. The van der Waals surface area contributed by atoms with Gasteiger partial charge in [0.05, 0.1) is 17.2 Å². The Hall–Kier alpha value is -2.19. The minimum atomic E-state index is -0.350. The van der Waals surface area contributed by atoms with Crippen molar-refractivity contribution >= 4 is 27.5 Å². The Bertz CT molecular complexity index is 761. The van der Waals surface area contributed by atoms with Gasteiger partial charge in [0, 0.05) is 12.6 Å². The highest BCUT2D eigenvalue weighted by atomic mass is 32.1. The van der Waals surface area contributed by atoms with E-state index in [9.17, 15) is 4.39 Å². The maximum absolute atomic E-state index is 13.5. The molecule has 0 aliphatic heterocycles. The summed E-state index contributed by atoms with van der Waals surface area (Å²) in [6.07, 6.45) is 3.72. The summed E-state index contributed by atoms with van der Waals surface area (Å²) in [6.45, 7) is 4.78. The van der Waals surface area contributed by atoms with Crippen molar-refractivity contribution < 1.29 is 4.39 Å². The third-order valence-electron chi connectivity index (χ3n) is 2.86. The smallest absolute Gasteiger partial charge is 0.157 e. The van der Waals surface area contributed by atoms with Crippen LogP contribution in [0.1, 0.15) is 24.5 Å². The van der Waals surface area contributed by atoms with Crippen molar-refractivity contribution in [3.63, 3.8) is 0 Å². The second kappa shape index (κ2) is 8.44. The molecular weight excluding hydrogens is 315 g/mol. The summed E-state index contributed by atoms with van der Waals surface area (Å²) in [6, 6.07) is 2.93. The summed E-state index contributed by atoms with van der Waals surface area (Å²) in [5, 5.41) is 3.98. The highest BCUT2D eigenvalue weighted by Crippen LogP contribution is 2.25. The molecule has 122 valence electrons. The fourth-order valence-corrected chi connectivity index (χ4v) is 2.79. The number of pyridine rings is 1. The molecule has 3 rings (SSSR count). The molecule has 0 fully saturated rings. The monoisotopic (exact) mass is 334 g/mol. The number of halogens is 1. The van der Waals surface area contributed by atoms with Crippen LogP contribution < -0.4 is 11.1 Å². The Kier molecular flexibility index (Phi) is 6.30. The SMILES string of the molecule is CC.NCCc1nc2c(NCc3ncccc3F)ncnc2s1. The molecule has 0 aromatic carbocycles. The molecule has 0 aliphatic carbocycles. The van der Waals surface area contributed by atoms with E-state index in [-0.39, 0.29) is 12.4 Å². The second-order valence-electron chi connectivity index (χ2n) is 4.31. The molecule has 3 N–H and O–H groups in total. The number of anilines is 1. The molecule has 0 atom stereocenters. The molecule has 0 aliphatic rings. The minimum absolute atomic E-state index is 0.239. The lowest BCUT2D eigenvalue weighted by Gasteiger charge is -2.05. The van der Waals surface area contributed by atoms with Gasteiger partial charge in [-0.2, -0.15) is 0 Å². The Labute approximate surface area is 138 Å². The van der Waals surface area contributed by atoms with Crippen LogP contribution in [0.15, 0.2) is 24.7 Å². The Balaban J connectivity index is 0.000000924. The van der Waals surface area contributed by atoms with Crippen LogP contribution in [-0.2, 0) is 13.0 Å². The lowest BCUT2D eigenvalue weighted by Crippen LogP contribution is -2.06. The number of aromatic nitrogens is 4. The van der Waals surface area contributed by atoms with E-state index in [0.29, 0.717) is 30.0 Å². The minimum Gasteiger partial charge on any atom is -0.362 e. The average Bonchev–Trinajstić information content (AvgIpc) is 2.99. The van der Waals surface area contributed by atoms with Gasteiger partial charge in [-0.05, 0) is 18.7 Å². The summed E-state index contributed by atoms with van der Waals surface area (Å²) in [4.78, 5) is 17.6. The van der Waals surface area contributed by atoms with Crippen molar-refractivity contribution in [2.75, 3.05) is 11.9 Å². The third-order valence-corrected chi connectivity index (χ3v) is 3.88. The lowest BCUT2D eigenvalue weighted by molar-refractivity contribution is 0.602. The van der Waals surface area contributed by atoms with Crippen molar-refractivity contribution in [3.05, 3.63) is 41.2 Å². The van der Waals surface area contributed by atoms with E-state index in [2.05, 4.69) is 25.3 Å². The normalized spacial score (nSPS) is 10.3. The third kappa shape index (κ3) is 4.17. The van der Waals surface area contributed by atoms with Crippen LogP contribution >= 0.6 is 11.3 Å². The van der Waals surface area contributed by atoms with Gasteiger partial charge in [-0.3, -0.25) is 4.98 Å².